The summed E-state index contributed by atoms with van der Waals surface area (Å²) in [6.45, 7) is 1.37. The van der Waals surface area contributed by atoms with E-state index in [-0.39, 0.29) is 14.9 Å². The van der Waals surface area contributed by atoms with Gasteiger partial charge in [0.05, 0.1) is 16.3 Å². The molecule has 1 amide bonds. The summed E-state index contributed by atoms with van der Waals surface area (Å²) in [5.41, 5.74) is 1.24. The fourth-order valence-corrected chi connectivity index (χ4v) is 5.10. The highest BCUT2D eigenvalue weighted by atomic mass is 32.2. The molecule has 0 saturated carbocycles. The van der Waals surface area contributed by atoms with Gasteiger partial charge in [0.25, 0.3) is 10.0 Å². The van der Waals surface area contributed by atoms with E-state index in [4.69, 9.17) is 0 Å². The Bertz CT molecular complexity index is 1220. The second-order valence-corrected chi connectivity index (χ2v) is 10.5. The van der Waals surface area contributed by atoms with Crippen LogP contribution in [0, 0.1) is 6.92 Å². The number of sulfonamides is 2. The van der Waals surface area contributed by atoms with Gasteiger partial charge in [-0.2, -0.15) is 0 Å². The summed E-state index contributed by atoms with van der Waals surface area (Å²) in [6, 6.07) is 11.7. The Balaban J connectivity index is 1.58. The molecule has 0 aliphatic heterocycles. The van der Waals surface area contributed by atoms with Crippen molar-refractivity contribution in [3.8, 4) is 0 Å². The van der Waals surface area contributed by atoms with Crippen LogP contribution in [0.4, 0.5) is 10.8 Å². The number of carbonyl (C=O) groups is 1. The SMILES string of the molecule is Cc1ccc(S(=O)(=O)NCC(=O)Nc2ccc(S(=O)(=O)Nc3nccs3)cc2)cc1. The lowest BCUT2D eigenvalue weighted by Crippen LogP contribution is -2.32. The molecule has 0 spiro atoms. The fraction of sp³-hybridized carbons (Fsp3) is 0.111. The summed E-state index contributed by atoms with van der Waals surface area (Å²) in [5, 5.41) is 4.39. The van der Waals surface area contributed by atoms with Crippen LogP contribution in [0.2, 0.25) is 0 Å². The second-order valence-electron chi connectivity index (χ2n) is 6.15. The van der Waals surface area contributed by atoms with Crippen molar-refractivity contribution >= 4 is 48.1 Å². The molecule has 0 fully saturated rings. The average Bonchev–Trinajstić information content (AvgIpc) is 3.19. The summed E-state index contributed by atoms with van der Waals surface area (Å²) in [4.78, 5) is 16.0. The number of nitrogens with one attached hydrogen (secondary N) is 3. The maximum atomic E-state index is 12.3. The van der Waals surface area contributed by atoms with Crippen LogP contribution >= 0.6 is 11.3 Å². The molecule has 2 aromatic carbocycles. The van der Waals surface area contributed by atoms with E-state index in [0.29, 0.717) is 5.69 Å². The maximum absolute atomic E-state index is 12.3. The van der Waals surface area contributed by atoms with E-state index < -0.39 is 32.5 Å². The smallest absolute Gasteiger partial charge is 0.263 e. The zero-order valence-electron chi connectivity index (χ0n) is 15.7. The highest BCUT2D eigenvalue weighted by Crippen LogP contribution is 2.19. The molecule has 1 aromatic heterocycles. The largest absolute Gasteiger partial charge is 0.325 e. The van der Waals surface area contributed by atoms with Gasteiger partial charge in [-0.3, -0.25) is 9.52 Å². The van der Waals surface area contributed by atoms with Crippen LogP contribution in [0.1, 0.15) is 5.56 Å². The third kappa shape index (κ3) is 5.63. The Labute approximate surface area is 178 Å². The summed E-state index contributed by atoms with van der Waals surface area (Å²) < 4.78 is 53.6. The normalized spacial score (nSPS) is 11.8. The monoisotopic (exact) mass is 466 g/mol. The zero-order chi connectivity index (χ0) is 21.8. The molecule has 0 aliphatic carbocycles. The van der Waals surface area contributed by atoms with Crippen LogP contribution in [-0.2, 0) is 24.8 Å². The standard InChI is InChI=1S/C18H18N4O5S3/c1-13-2-6-15(7-3-13)29(24,25)20-12-17(23)21-14-4-8-16(9-5-14)30(26,27)22-18-19-10-11-28-18/h2-11,20H,12H2,1H3,(H,19,22)(H,21,23). The van der Waals surface area contributed by atoms with Gasteiger partial charge >= 0.3 is 0 Å². The number of benzene rings is 2. The Hall–Kier alpha value is -2.80. The van der Waals surface area contributed by atoms with Gasteiger partial charge in [0.1, 0.15) is 0 Å². The molecule has 3 rings (SSSR count). The predicted molar refractivity (Wildman–Crippen MR) is 114 cm³/mol. The number of aryl methyl sites for hydroxylation is 1. The molecule has 1 heterocycles. The van der Waals surface area contributed by atoms with E-state index >= 15 is 0 Å². The first-order chi connectivity index (χ1) is 14.2. The van der Waals surface area contributed by atoms with Crippen molar-refractivity contribution in [2.75, 3.05) is 16.6 Å². The van der Waals surface area contributed by atoms with Gasteiger partial charge in [-0.25, -0.2) is 26.5 Å². The van der Waals surface area contributed by atoms with Crippen LogP contribution in [0.25, 0.3) is 0 Å². The fourth-order valence-electron chi connectivity index (χ4n) is 2.33. The van der Waals surface area contributed by atoms with E-state index in [1.165, 1.54) is 42.6 Å². The Morgan fingerprint density at radius 2 is 1.53 bits per heavy atom. The van der Waals surface area contributed by atoms with Crippen LogP contribution in [-0.4, -0.2) is 34.3 Å². The van der Waals surface area contributed by atoms with E-state index in [2.05, 4.69) is 19.7 Å². The number of aromatic nitrogens is 1. The van der Waals surface area contributed by atoms with Crippen molar-refractivity contribution in [1.29, 1.82) is 0 Å². The molecule has 0 bridgehead atoms. The van der Waals surface area contributed by atoms with Crippen LogP contribution in [0.3, 0.4) is 0 Å². The van der Waals surface area contributed by atoms with Crippen molar-refractivity contribution in [3.05, 3.63) is 65.7 Å². The van der Waals surface area contributed by atoms with Crippen molar-refractivity contribution in [3.63, 3.8) is 0 Å². The van der Waals surface area contributed by atoms with Gasteiger partial charge in [0.15, 0.2) is 5.13 Å². The van der Waals surface area contributed by atoms with E-state index in [1.54, 1.807) is 17.5 Å². The van der Waals surface area contributed by atoms with Gasteiger partial charge in [-0.1, -0.05) is 17.7 Å². The predicted octanol–water partition coefficient (Wildman–Crippen LogP) is 2.17. The number of carbonyl (C=O) groups excluding carboxylic acids is 1. The molecule has 0 atom stereocenters. The summed E-state index contributed by atoms with van der Waals surface area (Å²) in [6.07, 6.45) is 1.48. The molecule has 0 aliphatic rings. The first kappa shape index (κ1) is 21.9. The Kier molecular flexibility index (Phi) is 6.51. The molecule has 3 N–H and O–H groups in total. The zero-order valence-corrected chi connectivity index (χ0v) is 18.1. The van der Waals surface area contributed by atoms with Crippen LogP contribution < -0.4 is 14.8 Å². The number of amides is 1. The molecule has 12 heteroatoms. The van der Waals surface area contributed by atoms with Crippen LogP contribution in [0.15, 0.2) is 69.9 Å². The summed E-state index contributed by atoms with van der Waals surface area (Å²) >= 11 is 1.15. The number of nitrogens with zero attached hydrogens (tertiary/aromatic N) is 1. The van der Waals surface area contributed by atoms with Gasteiger partial charge in [-0.15, -0.1) is 11.3 Å². The minimum Gasteiger partial charge on any atom is -0.325 e. The molecule has 3 aromatic rings. The summed E-state index contributed by atoms with van der Waals surface area (Å²) in [7, 11) is -7.62. The molecular weight excluding hydrogens is 448 g/mol. The molecule has 30 heavy (non-hydrogen) atoms. The van der Waals surface area contributed by atoms with E-state index in [9.17, 15) is 21.6 Å². The van der Waals surface area contributed by atoms with Gasteiger partial charge in [0, 0.05) is 17.3 Å². The number of thiazole rings is 1. The molecular formula is C18H18N4O5S3. The van der Waals surface area contributed by atoms with Crippen molar-refractivity contribution < 1.29 is 21.6 Å². The second kappa shape index (κ2) is 8.92. The molecule has 9 nitrogen and oxygen atoms in total. The molecule has 0 radical (unpaired) electrons. The average molecular weight is 467 g/mol. The lowest BCUT2D eigenvalue weighted by atomic mass is 10.2. The quantitative estimate of drug-likeness (QED) is 0.466. The maximum Gasteiger partial charge on any atom is 0.263 e. The van der Waals surface area contributed by atoms with Crippen molar-refractivity contribution in [2.24, 2.45) is 0 Å². The van der Waals surface area contributed by atoms with Crippen molar-refractivity contribution in [2.45, 2.75) is 16.7 Å². The number of hydrogen-bond acceptors (Lipinski definition) is 7. The number of rotatable bonds is 8. The Morgan fingerprint density at radius 1 is 0.933 bits per heavy atom. The molecule has 0 unspecified atom stereocenters. The first-order valence-corrected chi connectivity index (χ1v) is 12.4. The topological polar surface area (TPSA) is 134 Å². The van der Waals surface area contributed by atoms with Gasteiger partial charge < -0.3 is 5.32 Å². The lowest BCUT2D eigenvalue weighted by Gasteiger charge is -2.09. The van der Waals surface area contributed by atoms with Crippen molar-refractivity contribution in [1.82, 2.24) is 9.71 Å². The third-order valence-corrected chi connectivity index (χ3v) is 7.45. The van der Waals surface area contributed by atoms with E-state index in [1.807, 2.05) is 6.92 Å². The first-order valence-electron chi connectivity index (χ1n) is 8.54. The molecule has 158 valence electrons. The van der Waals surface area contributed by atoms with Gasteiger partial charge in [-0.05, 0) is 43.3 Å². The summed E-state index contributed by atoms with van der Waals surface area (Å²) in [5.74, 6) is -0.595. The minimum atomic E-state index is -3.82. The van der Waals surface area contributed by atoms with E-state index in [0.717, 1.165) is 16.9 Å². The molecule has 0 saturated heterocycles. The number of hydrogen-bond donors (Lipinski definition) is 3. The minimum absolute atomic E-state index is 0.00391. The Morgan fingerprint density at radius 3 is 2.13 bits per heavy atom. The van der Waals surface area contributed by atoms with Gasteiger partial charge in [0.2, 0.25) is 15.9 Å². The van der Waals surface area contributed by atoms with Crippen LogP contribution in [0.5, 0.6) is 0 Å². The lowest BCUT2D eigenvalue weighted by molar-refractivity contribution is -0.115. The highest BCUT2D eigenvalue weighted by molar-refractivity contribution is 7.93. The third-order valence-electron chi connectivity index (χ3n) is 3.86. The highest BCUT2D eigenvalue weighted by Gasteiger charge is 2.17. The number of anilines is 2.